The van der Waals surface area contributed by atoms with Gasteiger partial charge in [-0.25, -0.2) is 17.6 Å². The normalized spacial score (nSPS) is 11.3. The zero-order chi connectivity index (χ0) is 20.5. The Kier molecular flexibility index (Phi) is 5.14. The summed E-state index contributed by atoms with van der Waals surface area (Å²) in [6, 6.07) is 7.72. The van der Waals surface area contributed by atoms with E-state index in [0.29, 0.717) is 11.3 Å². The Bertz CT molecular complexity index is 1160. The molecule has 0 bridgehead atoms. The second-order valence-electron chi connectivity index (χ2n) is 5.68. The van der Waals surface area contributed by atoms with Crippen molar-refractivity contribution in [2.75, 3.05) is 26.1 Å². The van der Waals surface area contributed by atoms with E-state index in [-0.39, 0.29) is 27.4 Å². The van der Waals surface area contributed by atoms with E-state index in [4.69, 9.17) is 9.47 Å². The molecule has 0 aliphatic heterocycles. The van der Waals surface area contributed by atoms with E-state index in [0.717, 1.165) is 13.2 Å². The van der Waals surface area contributed by atoms with Crippen LogP contribution in [0.15, 0.2) is 41.3 Å². The van der Waals surface area contributed by atoms with Crippen LogP contribution in [-0.4, -0.2) is 40.7 Å². The van der Waals surface area contributed by atoms with Gasteiger partial charge in [-0.05, 0) is 30.3 Å². The molecule has 3 aromatic rings. The quantitative estimate of drug-likeness (QED) is 0.608. The highest BCUT2D eigenvalue weighted by molar-refractivity contribution is 7.92. The Morgan fingerprint density at radius 2 is 1.75 bits per heavy atom. The van der Waals surface area contributed by atoms with Crippen molar-refractivity contribution in [2.45, 2.75) is 4.90 Å². The molecule has 0 unspecified atom stereocenters. The molecule has 1 aromatic heterocycles. The summed E-state index contributed by atoms with van der Waals surface area (Å²) in [7, 11) is -0.193. The Morgan fingerprint density at radius 1 is 1.04 bits per heavy atom. The van der Waals surface area contributed by atoms with Gasteiger partial charge < -0.3 is 19.2 Å². The number of sulfonamides is 1. The number of benzene rings is 2. The Morgan fingerprint density at radius 3 is 2.39 bits per heavy atom. The number of ether oxygens (including phenoxy) is 3. The number of nitrogens with one attached hydrogen (secondary N) is 2. The van der Waals surface area contributed by atoms with E-state index in [2.05, 4.69) is 14.4 Å². The van der Waals surface area contributed by atoms with E-state index >= 15 is 0 Å². The van der Waals surface area contributed by atoms with Crippen LogP contribution in [0.4, 0.5) is 10.1 Å². The highest BCUT2D eigenvalue weighted by Crippen LogP contribution is 2.33. The standard InChI is InChI=1S/C18H17FN2O6S/c1-25-14-7-5-11(9-15(14)26-2)28(23,24)21-16-12-8-10(19)4-6-13(12)20-17(16)18(22)27-3/h4-9,20-21H,1-3H3. The monoisotopic (exact) mass is 408 g/mol. The third-order valence-electron chi connectivity index (χ3n) is 4.05. The number of anilines is 1. The van der Waals surface area contributed by atoms with Crippen molar-refractivity contribution in [1.82, 2.24) is 4.98 Å². The van der Waals surface area contributed by atoms with Gasteiger partial charge >= 0.3 is 5.97 Å². The van der Waals surface area contributed by atoms with Crippen LogP contribution in [-0.2, 0) is 14.8 Å². The van der Waals surface area contributed by atoms with Gasteiger partial charge in [0.2, 0.25) is 0 Å². The number of rotatable bonds is 6. The van der Waals surface area contributed by atoms with Crippen LogP contribution in [0, 0.1) is 5.82 Å². The number of fused-ring (bicyclic) bond motifs is 1. The van der Waals surface area contributed by atoms with Gasteiger partial charge in [-0.3, -0.25) is 4.72 Å². The largest absolute Gasteiger partial charge is 0.493 e. The number of H-pyrrole nitrogens is 1. The van der Waals surface area contributed by atoms with Crippen molar-refractivity contribution in [2.24, 2.45) is 0 Å². The minimum atomic E-state index is -4.15. The van der Waals surface area contributed by atoms with Crippen molar-refractivity contribution in [3.63, 3.8) is 0 Å². The Balaban J connectivity index is 2.13. The average molecular weight is 408 g/mol. The molecule has 0 fully saturated rings. The lowest BCUT2D eigenvalue weighted by Crippen LogP contribution is -2.16. The molecule has 3 rings (SSSR count). The van der Waals surface area contributed by atoms with Gasteiger partial charge in [0.05, 0.1) is 31.9 Å². The number of carbonyl (C=O) groups excluding carboxylic acids is 1. The van der Waals surface area contributed by atoms with Crippen molar-refractivity contribution in [3.05, 3.63) is 47.9 Å². The summed E-state index contributed by atoms with van der Waals surface area (Å²) in [4.78, 5) is 14.7. The molecule has 0 spiro atoms. The second kappa shape index (κ2) is 7.39. The van der Waals surface area contributed by atoms with Crippen LogP contribution >= 0.6 is 0 Å². The first kappa shape index (κ1) is 19.5. The summed E-state index contributed by atoms with van der Waals surface area (Å²) in [6.07, 6.45) is 0. The van der Waals surface area contributed by atoms with Gasteiger partial charge in [-0.2, -0.15) is 0 Å². The zero-order valence-corrected chi connectivity index (χ0v) is 16.0. The molecule has 1 heterocycles. The number of esters is 1. The summed E-state index contributed by atoms with van der Waals surface area (Å²) in [5.41, 5.74) is 0.107. The molecular formula is C18H17FN2O6S. The molecule has 0 amide bonds. The van der Waals surface area contributed by atoms with Crippen molar-refractivity contribution >= 4 is 32.6 Å². The van der Waals surface area contributed by atoms with Gasteiger partial charge in [0, 0.05) is 17.0 Å². The van der Waals surface area contributed by atoms with Crippen molar-refractivity contribution in [1.29, 1.82) is 0 Å². The number of halogens is 1. The van der Waals surface area contributed by atoms with Crippen LogP contribution in [0.3, 0.4) is 0 Å². The predicted molar refractivity (Wildman–Crippen MR) is 100.0 cm³/mol. The minimum Gasteiger partial charge on any atom is -0.493 e. The van der Waals surface area contributed by atoms with Crippen molar-refractivity contribution in [3.8, 4) is 11.5 Å². The summed E-state index contributed by atoms with van der Waals surface area (Å²) < 4.78 is 56.7. The molecule has 28 heavy (non-hydrogen) atoms. The lowest BCUT2D eigenvalue weighted by Gasteiger charge is -2.12. The smallest absolute Gasteiger partial charge is 0.356 e. The Labute approximate surface area is 160 Å². The topological polar surface area (TPSA) is 107 Å². The molecule has 148 valence electrons. The van der Waals surface area contributed by atoms with Gasteiger partial charge in [-0.1, -0.05) is 0 Å². The van der Waals surface area contributed by atoms with Gasteiger partial charge in [0.25, 0.3) is 10.0 Å². The maximum absolute atomic E-state index is 13.7. The molecule has 8 nitrogen and oxygen atoms in total. The fourth-order valence-electron chi connectivity index (χ4n) is 2.70. The van der Waals surface area contributed by atoms with Crippen molar-refractivity contribution < 1.29 is 31.8 Å². The SMILES string of the molecule is COC(=O)c1[nH]c2ccc(F)cc2c1NS(=O)(=O)c1ccc(OC)c(OC)c1. The second-order valence-corrected chi connectivity index (χ2v) is 7.36. The van der Waals surface area contributed by atoms with Crippen LogP contribution in [0.25, 0.3) is 10.9 Å². The molecule has 0 atom stereocenters. The molecular weight excluding hydrogens is 391 g/mol. The number of aromatic nitrogens is 1. The van der Waals surface area contributed by atoms with Crippen LogP contribution < -0.4 is 14.2 Å². The number of hydrogen-bond donors (Lipinski definition) is 2. The molecule has 0 radical (unpaired) electrons. The van der Waals surface area contributed by atoms with E-state index in [9.17, 15) is 17.6 Å². The van der Waals surface area contributed by atoms with Gasteiger partial charge in [0.15, 0.2) is 17.2 Å². The lowest BCUT2D eigenvalue weighted by atomic mass is 10.2. The first-order valence-corrected chi connectivity index (χ1v) is 9.43. The number of carbonyl (C=O) groups is 1. The fourth-order valence-corrected chi connectivity index (χ4v) is 3.81. The summed E-state index contributed by atoms with van der Waals surface area (Å²) in [5.74, 6) is -0.828. The summed E-state index contributed by atoms with van der Waals surface area (Å²) >= 11 is 0. The highest BCUT2D eigenvalue weighted by atomic mass is 32.2. The maximum atomic E-state index is 13.7. The maximum Gasteiger partial charge on any atom is 0.356 e. The third-order valence-corrected chi connectivity index (χ3v) is 5.40. The van der Waals surface area contributed by atoms with Crippen LogP contribution in [0.2, 0.25) is 0 Å². The molecule has 10 heteroatoms. The molecule has 2 N–H and O–H groups in total. The number of aromatic amines is 1. The van der Waals surface area contributed by atoms with Gasteiger partial charge in [-0.15, -0.1) is 0 Å². The molecule has 2 aromatic carbocycles. The van der Waals surface area contributed by atoms with E-state index in [1.807, 2.05) is 0 Å². The average Bonchev–Trinajstić information content (AvgIpc) is 3.03. The minimum absolute atomic E-state index is 0.115. The highest BCUT2D eigenvalue weighted by Gasteiger charge is 2.25. The fraction of sp³-hybridized carbons (Fsp3) is 0.167. The number of hydrogen-bond acceptors (Lipinski definition) is 6. The molecule has 0 saturated heterocycles. The summed E-state index contributed by atoms with van der Waals surface area (Å²) in [6.45, 7) is 0. The predicted octanol–water partition coefficient (Wildman–Crippen LogP) is 2.91. The molecule has 0 aliphatic carbocycles. The first-order valence-electron chi connectivity index (χ1n) is 7.95. The summed E-state index contributed by atoms with van der Waals surface area (Å²) in [5, 5.41) is 0.185. The van der Waals surface area contributed by atoms with Crippen LogP contribution in [0.1, 0.15) is 10.5 Å². The lowest BCUT2D eigenvalue weighted by molar-refractivity contribution is 0.0596. The Hall–Kier alpha value is -3.27. The molecule has 0 saturated carbocycles. The number of methoxy groups -OCH3 is 3. The van der Waals surface area contributed by atoms with Gasteiger partial charge in [0.1, 0.15) is 5.82 Å². The van der Waals surface area contributed by atoms with E-state index in [1.165, 1.54) is 44.6 Å². The third kappa shape index (κ3) is 3.46. The first-order chi connectivity index (χ1) is 13.3. The van der Waals surface area contributed by atoms with Crippen LogP contribution in [0.5, 0.6) is 11.5 Å². The molecule has 0 aliphatic rings. The van der Waals surface area contributed by atoms with E-state index in [1.54, 1.807) is 0 Å². The van der Waals surface area contributed by atoms with E-state index < -0.39 is 21.8 Å². The zero-order valence-electron chi connectivity index (χ0n) is 15.2.